The number of amides is 1. The molecule has 0 aliphatic carbocycles. The molecule has 0 bridgehead atoms. The van der Waals surface area contributed by atoms with Gasteiger partial charge in [0.2, 0.25) is 5.91 Å². The fourth-order valence-electron chi connectivity index (χ4n) is 5.09. The van der Waals surface area contributed by atoms with E-state index >= 15 is 0 Å². The van der Waals surface area contributed by atoms with Crippen LogP contribution in [-0.2, 0) is 16.0 Å². The van der Waals surface area contributed by atoms with Crippen LogP contribution in [0, 0.1) is 6.92 Å². The summed E-state index contributed by atoms with van der Waals surface area (Å²) in [6.45, 7) is 12.6. The Morgan fingerprint density at radius 2 is 1.27 bits per heavy atom. The van der Waals surface area contributed by atoms with Crippen LogP contribution in [0.3, 0.4) is 0 Å². The van der Waals surface area contributed by atoms with Crippen LogP contribution in [0.15, 0.2) is 60.7 Å². The zero-order valence-electron chi connectivity index (χ0n) is 24.1. The number of anilines is 1. The standard InChI is InChI=1S/C34H37NO5/c1-7-23-19-21(5)11-13-25(23)27-15-17-30-29(32(27)38-8-2)18-16-28(33(30)39-9-3)26-14-12-24(35-22(6)36)20-31(26)34(37)40-10-4/h11-20H,7-10H2,1-6H3,(H,35,36). The lowest BCUT2D eigenvalue weighted by atomic mass is 9.91. The summed E-state index contributed by atoms with van der Waals surface area (Å²) in [4.78, 5) is 24.7. The Bertz CT molecular complexity index is 1560. The summed E-state index contributed by atoms with van der Waals surface area (Å²) in [5, 5.41) is 4.57. The largest absolute Gasteiger partial charge is 0.493 e. The van der Waals surface area contributed by atoms with Gasteiger partial charge in [-0.3, -0.25) is 4.79 Å². The summed E-state index contributed by atoms with van der Waals surface area (Å²) in [7, 11) is 0. The fraction of sp³-hybridized carbons (Fsp3) is 0.294. The maximum Gasteiger partial charge on any atom is 0.338 e. The van der Waals surface area contributed by atoms with Crippen LogP contribution in [0.5, 0.6) is 11.5 Å². The van der Waals surface area contributed by atoms with Gasteiger partial charge in [-0.25, -0.2) is 4.79 Å². The Kier molecular flexibility index (Phi) is 9.10. The number of nitrogens with one attached hydrogen (secondary N) is 1. The van der Waals surface area contributed by atoms with Crippen molar-refractivity contribution in [3.05, 3.63) is 77.4 Å². The SMILES string of the molecule is CCOC(=O)c1cc(NC(C)=O)ccc1-c1ccc2c(OCC)c(-c3ccc(C)cc3CC)ccc2c1OCC. The zero-order valence-corrected chi connectivity index (χ0v) is 24.1. The van der Waals surface area contributed by atoms with E-state index in [2.05, 4.69) is 49.5 Å². The van der Waals surface area contributed by atoms with Gasteiger partial charge in [0, 0.05) is 40.1 Å². The minimum atomic E-state index is -0.468. The van der Waals surface area contributed by atoms with Gasteiger partial charge < -0.3 is 19.5 Å². The van der Waals surface area contributed by atoms with Crippen LogP contribution >= 0.6 is 0 Å². The summed E-state index contributed by atoms with van der Waals surface area (Å²) in [5.74, 6) is 0.772. The molecule has 6 nitrogen and oxygen atoms in total. The highest BCUT2D eigenvalue weighted by Crippen LogP contribution is 2.45. The quantitative estimate of drug-likeness (QED) is 0.207. The average molecular weight is 540 g/mol. The van der Waals surface area contributed by atoms with Gasteiger partial charge in [-0.1, -0.05) is 36.8 Å². The Morgan fingerprint density at radius 3 is 1.82 bits per heavy atom. The molecule has 6 heteroatoms. The average Bonchev–Trinajstić information content (AvgIpc) is 2.93. The third-order valence-electron chi connectivity index (χ3n) is 6.74. The summed E-state index contributed by atoms with van der Waals surface area (Å²) in [6.07, 6.45) is 0.912. The van der Waals surface area contributed by atoms with E-state index in [1.165, 1.54) is 18.1 Å². The van der Waals surface area contributed by atoms with Crippen molar-refractivity contribution in [1.29, 1.82) is 0 Å². The van der Waals surface area contributed by atoms with Gasteiger partial charge in [-0.2, -0.15) is 0 Å². The minimum Gasteiger partial charge on any atom is -0.493 e. The van der Waals surface area contributed by atoms with Gasteiger partial charge in [-0.05, 0) is 81.6 Å². The van der Waals surface area contributed by atoms with Crippen molar-refractivity contribution < 1.29 is 23.8 Å². The van der Waals surface area contributed by atoms with E-state index in [9.17, 15) is 9.59 Å². The van der Waals surface area contributed by atoms with Crippen molar-refractivity contribution in [3.8, 4) is 33.8 Å². The first-order valence-corrected chi connectivity index (χ1v) is 13.9. The van der Waals surface area contributed by atoms with Crippen molar-refractivity contribution in [1.82, 2.24) is 0 Å². The molecule has 0 fully saturated rings. The van der Waals surface area contributed by atoms with E-state index < -0.39 is 5.97 Å². The monoisotopic (exact) mass is 539 g/mol. The highest BCUT2D eigenvalue weighted by Gasteiger charge is 2.22. The van der Waals surface area contributed by atoms with Crippen LogP contribution in [0.1, 0.15) is 56.1 Å². The molecule has 4 aromatic rings. The minimum absolute atomic E-state index is 0.220. The number of esters is 1. The number of hydrogen-bond acceptors (Lipinski definition) is 5. The predicted octanol–water partition coefficient (Wildman–Crippen LogP) is 7.98. The van der Waals surface area contributed by atoms with E-state index in [0.29, 0.717) is 35.8 Å². The second-order valence-corrected chi connectivity index (χ2v) is 9.52. The van der Waals surface area contributed by atoms with Gasteiger partial charge in [0.15, 0.2) is 0 Å². The number of ether oxygens (including phenoxy) is 3. The zero-order chi connectivity index (χ0) is 28.8. The first-order chi connectivity index (χ1) is 19.3. The molecule has 0 saturated heterocycles. The van der Waals surface area contributed by atoms with Crippen LogP contribution in [0.25, 0.3) is 33.0 Å². The summed E-state index contributed by atoms with van der Waals surface area (Å²) in [5.41, 5.74) is 6.96. The number of carbonyl (C=O) groups is 2. The van der Waals surface area contributed by atoms with Crippen molar-refractivity contribution in [2.45, 2.75) is 48.0 Å². The van der Waals surface area contributed by atoms with Crippen LogP contribution in [0.2, 0.25) is 0 Å². The van der Waals surface area contributed by atoms with E-state index in [4.69, 9.17) is 14.2 Å². The lowest BCUT2D eigenvalue weighted by Crippen LogP contribution is -2.10. The molecule has 4 aromatic carbocycles. The maximum atomic E-state index is 13.0. The molecule has 0 heterocycles. The highest BCUT2D eigenvalue weighted by atomic mass is 16.5. The van der Waals surface area contributed by atoms with Gasteiger partial charge >= 0.3 is 5.97 Å². The number of benzene rings is 4. The molecule has 0 aliphatic rings. The first kappa shape index (κ1) is 28.7. The molecule has 40 heavy (non-hydrogen) atoms. The number of hydrogen-bond donors (Lipinski definition) is 1. The van der Waals surface area contributed by atoms with Gasteiger partial charge in [0.1, 0.15) is 11.5 Å². The molecule has 4 rings (SSSR count). The molecule has 208 valence electrons. The van der Waals surface area contributed by atoms with Crippen molar-refractivity contribution in [3.63, 3.8) is 0 Å². The predicted molar refractivity (Wildman–Crippen MR) is 162 cm³/mol. The molecule has 0 spiro atoms. The summed E-state index contributed by atoms with van der Waals surface area (Å²) in [6, 6.07) is 19.9. The van der Waals surface area contributed by atoms with Gasteiger partial charge in [0.25, 0.3) is 0 Å². The third-order valence-corrected chi connectivity index (χ3v) is 6.74. The molecule has 0 aliphatic heterocycles. The number of carbonyl (C=O) groups excluding carboxylic acids is 2. The Hall–Kier alpha value is -4.32. The number of aryl methyl sites for hydroxylation is 2. The second-order valence-electron chi connectivity index (χ2n) is 9.52. The fourth-order valence-corrected chi connectivity index (χ4v) is 5.09. The summed E-state index contributed by atoms with van der Waals surface area (Å²) < 4.78 is 17.9. The Balaban J connectivity index is 1.98. The molecular formula is C34H37NO5. The molecule has 1 amide bonds. The molecular weight excluding hydrogens is 502 g/mol. The topological polar surface area (TPSA) is 73.9 Å². The molecule has 0 atom stereocenters. The van der Waals surface area contributed by atoms with Crippen molar-refractivity contribution in [2.24, 2.45) is 0 Å². The number of rotatable bonds is 10. The second kappa shape index (κ2) is 12.7. The molecule has 1 N–H and O–H groups in total. The third kappa shape index (κ3) is 5.81. The maximum absolute atomic E-state index is 13.0. The number of fused-ring (bicyclic) bond motifs is 1. The van der Waals surface area contributed by atoms with Crippen LogP contribution in [-0.4, -0.2) is 31.7 Å². The molecule has 0 aromatic heterocycles. The highest BCUT2D eigenvalue weighted by molar-refractivity contribution is 6.06. The van der Waals surface area contributed by atoms with E-state index in [-0.39, 0.29) is 12.5 Å². The van der Waals surface area contributed by atoms with Crippen LogP contribution < -0.4 is 14.8 Å². The molecule has 0 radical (unpaired) electrons. The van der Waals surface area contributed by atoms with Gasteiger partial charge in [-0.15, -0.1) is 0 Å². The van der Waals surface area contributed by atoms with Crippen LogP contribution in [0.4, 0.5) is 5.69 Å². The van der Waals surface area contributed by atoms with E-state index in [0.717, 1.165) is 39.6 Å². The van der Waals surface area contributed by atoms with Crippen molar-refractivity contribution in [2.75, 3.05) is 25.1 Å². The normalized spacial score (nSPS) is 10.8. The Morgan fingerprint density at radius 1 is 0.700 bits per heavy atom. The molecule has 0 saturated carbocycles. The lowest BCUT2D eigenvalue weighted by molar-refractivity contribution is -0.114. The first-order valence-electron chi connectivity index (χ1n) is 13.9. The Labute approximate surface area is 236 Å². The van der Waals surface area contributed by atoms with Gasteiger partial charge in [0.05, 0.1) is 25.4 Å². The van der Waals surface area contributed by atoms with E-state index in [1.807, 2.05) is 32.0 Å². The smallest absolute Gasteiger partial charge is 0.338 e. The molecule has 0 unspecified atom stereocenters. The summed E-state index contributed by atoms with van der Waals surface area (Å²) >= 11 is 0. The van der Waals surface area contributed by atoms with Crippen molar-refractivity contribution >= 4 is 28.3 Å². The van der Waals surface area contributed by atoms with E-state index in [1.54, 1.807) is 19.1 Å². The lowest BCUT2D eigenvalue weighted by Gasteiger charge is -2.20.